The summed E-state index contributed by atoms with van der Waals surface area (Å²) >= 11 is 3.36. The summed E-state index contributed by atoms with van der Waals surface area (Å²) in [7, 11) is 1.48. The SMILES string of the molecule is COc1cc(C)cc(O)c1C(=O)/C=C/c1ccc(Br)cc1. The number of carbonyl (C=O) groups excluding carboxylic acids is 1. The minimum atomic E-state index is -0.299. The fraction of sp³-hybridized carbons (Fsp3) is 0.118. The molecule has 108 valence electrons. The molecule has 0 saturated heterocycles. The average molecular weight is 347 g/mol. The Hall–Kier alpha value is -2.07. The Morgan fingerprint density at radius 1 is 1.24 bits per heavy atom. The van der Waals surface area contributed by atoms with Gasteiger partial charge in [-0.1, -0.05) is 34.1 Å². The second-order valence-electron chi connectivity index (χ2n) is 4.61. The lowest BCUT2D eigenvalue weighted by atomic mass is 10.0. The number of allylic oxidation sites excluding steroid dienone is 1. The van der Waals surface area contributed by atoms with Gasteiger partial charge in [0.05, 0.1) is 7.11 Å². The monoisotopic (exact) mass is 346 g/mol. The molecule has 0 aromatic heterocycles. The van der Waals surface area contributed by atoms with Gasteiger partial charge in [0, 0.05) is 4.47 Å². The highest BCUT2D eigenvalue weighted by molar-refractivity contribution is 9.10. The number of phenols is 1. The molecule has 0 fully saturated rings. The largest absolute Gasteiger partial charge is 0.507 e. The summed E-state index contributed by atoms with van der Waals surface area (Å²) in [5.41, 5.74) is 1.91. The molecule has 1 N–H and O–H groups in total. The Morgan fingerprint density at radius 3 is 2.52 bits per heavy atom. The van der Waals surface area contributed by atoms with Crippen molar-refractivity contribution >= 4 is 27.8 Å². The Kier molecular flexibility index (Phi) is 4.81. The van der Waals surface area contributed by atoms with E-state index in [0.29, 0.717) is 5.75 Å². The van der Waals surface area contributed by atoms with Crippen LogP contribution in [0.25, 0.3) is 6.08 Å². The Balaban J connectivity index is 2.30. The molecule has 0 bridgehead atoms. The number of rotatable bonds is 4. The van der Waals surface area contributed by atoms with Crippen molar-refractivity contribution in [2.75, 3.05) is 7.11 Å². The summed E-state index contributed by atoms with van der Waals surface area (Å²) in [5, 5.41) is 9.97. The number of carbonyl (C=O) groups is 1. The third kappa shape index (κ3) is 3.73. The zero-order valence-corrected chi connectivity index (χ0v) is 13.3. The molecule has 0 radical (unpaired) electrons. The summed E-state index contributed by atoms with van der Waals surface area (Å²) in [5.74, 6) is 0.00234. The minimum absolute atomic E-state index is 0.0719. The summed E-state index contributed by atoms with van der Waals surface area (Å²) in [6.07, 6.45) is 3.13. The average Bonchev–Trinajstić information content (AvgIpc) is 2.45. The summed E-state index contributed by atoms with van der Waals surface area (Å²) in [6, 6.07) is 10.8. The highest BCUT2D eigenvalue weighted by Crippen LogP contribution is 2.30. The lowest BCUT2D eigenvalue weighted by Crippen LogP contribution is -2.00. The van der Waals surface area contributed by atoms with E-state index in [0.717, 1.165) is 15.6 Å². The first-order valence-corrected chi connectivity index (χ1v) is 7.16. The van der Waals surface area contributed by atoms with E-state index in [9.17, 15) is 9.90 Å². The van der Waals surface area contributed by atoms with Gasteiger partial charge in [-0.2, -0.15) is 0 Å². The van der Waals surface area contributed by atoms with Crippen LogP contribution in [0.4, 0.5) is 0 Å². The van der Waals surface area contributed by atoms with E-state index < -0.39 is 0 Å². The number of methoxy groups -OCH3 is 1. The van der Waals surface area contributed by atoms with Crippen LogP contribution in [0.15, 0.2) is 46.9 Å². The quantitative estimate of drug-likeness (QED) is 0.660. The molecule has 0 unspecified atom stereocenters. The van der Waals surface area contributed by atoms with Gasteiger partial charge in [-0.05, 0) is 48.4 Å². The predicted octanol–water partition coefficient (Wildman–Crippen LogP) is 4.37. The van der Waals surface area contributed by atoms with Gasteiger partial charge in [-0.25, -0.2) is 0 Å². The lowest BCUT2D eigenvalue weighted by molar-refractivity contribution is 0.104. The van der Waals surface area contributed by atoms with Gasteiger partial charge in [0.2, 0.25) is 0 Å². The van der Waals surface area contributed by atoms with Crippen LogP contribution < -0.4 is 4.74 Å². The van der Waals surface area contributed by atoms with Gasteiger partial charge in [0.1, 0.15) is 17.1 Å². The standard InChI is InChI=1S/C17H15BrO3/c1-11-9-15(20)17(16(10-11)21-2)14(19)8-5-12-3-6-13(18)7-4-12/h3-10,20H,1-2H3/b8-5+. The second kappa shape index (κ2) is 6.59. The summed E-state index contributed by atoms with van der Waals surface area (Å²) < 4.78 is 6.15. The molecule has 0 atom stereocenters. The molecule has 2 aromatic rings. The zero-order valence-electron chi connectivity index (χ0n) is 11.8. The first kappa shape index (κ1) is 15.3. The third-order valence-electron chi connectivity index (χ3n) is 2.99. The van der Waals surface area contributed by atoms with E-state index in [-0.39, 0.29) is 17.1 Å². The molecule has 0 spiro atoms. The van der Waals surface area contributed by atoms with E-state index in [1.165, 1.54) is 13.2 Å². The second-order valence-corrected chi connectivity index (χ2v) is 5.53. The van der Waals surface area contributed by atoms with Gasteiger partial charge < -0.3 is 9.84 Å². The van der Waals surface area contributed by atoms with Gasteiger partial charge in [-0.15, -0.1) is 0 Å². The molecular weight excluding hydrogens is 332 g/mol. The maximum absolute atomic E-state index is 12.3. The van der Waals surface area contributed by atoms with E-state index in [1.54, 1.807) is 18.2 Å². The number of ether oxygens (including phenoxy) is 1. The van der Waals surface area contributed by atoms with Gasteiger partial charge in [0.25, 0.3) is 0 Å². The van der Waals surface area contributed by atoms with Crippen molar-refractivity contribution < 1.29 is 14.6 Å². The number of halogens is 1. The predicted molar refractivity (Wildman–Crippen MR) is 86.9 cm³/mol. The molecule has 2 rings (SSSR count). The number of hydrogen-bond donors (Lipinski definition) is 1. The van der Waals surface area contributed by atoms with Crippen LogP contribution in [0.5, 0.6) is 11.5 Å². The summed E-state index contributed by atoms with van der Waals surface area (Å²) in [4.78, 5) is 12.3. The molecule has 0 heterocycles. The van der Waals surface area contributed by atoms with Gasteiger partial charge in [0.15, 0.2) is 5.78 Å². The zero-order chi connectivity index (χ0) is 15.4. The molecule has 21 heavy (non-hydrogen) atoms. The van der Waals surface area contributed by atoms with Crippen molar-refractivity contribution in [2.24, 2.45) is 0 Å². The molecule has 4 heteroatoms. The van der Waals surface area contributed by atoms with Crippen LogP contribution in [0.2, 0.25) is 0 Å². The maximum atomic E-state index is 12.3. The van der Waals surface area contributed by atoms with E-state index in [4.69, 9.17) is 4.74 Å². The van der Waals surface area contributed by atoms with E-state index >= 15 is 0 Å². The molecule has 0 amide bonds. The highest BCUT2D eigenvalue weighted by Gasteiger charge is 2.15. The molecule has 0 aliphatic heterocycles. The fourth-order valence-corrected chi connectivity index (χ4v) is 2.24. The van der Waals surface area contributed by atoms with Crippen molar-refractivity contribution in [2.45, 2.75) is 6.92 Å². The number of phenolic OH excluding ortho intramolecular Hbond substituents is 1. The molecule has 0 saturated carbocycles. The van der Waals surface area contributed by atoms with Gasteiger partial charge in [-0.3, -0.25) is 4.79 Å². The van der Waals surface area contributed by atoms with Crippen LogP contribution in [0.3, 0.4) is 0 Å². The Morgan fingerprint density at radius 2 is 1.90 bits per heavy atom. The maximum Gasteiger partial charge on any atom is 0.193 e. The van der Waals surface area contributed by atoms with Crippen molar-refractivity contribution in [1.29, 1.82) is 0 Å². The fourth-order valence-electron chi connectivity index (χ4n) is 1.97. The third-order valence-corrected chi connectivity index (χ3v) is 3.52. The molecule has 0 aliphatic rings. The Bertz CT molecular complexity index is 688. The number of hydrogen-bond acceptors (Lipinski definition) is 3. The number of aromatic hydroxyl groups is 1. The first-order valence-electron chi connectivity index (χ1n) is 6.37. The Labute approximate surface area is 132 Å². The van der Waals surface area contributed by atoms with Crippen LogP contribution >= 0.6 is 15.9 Å². The van der Waals surface area contributed by atoms with E-state index in [2.05, 4.69) is 15.9 Å². The molecule has 0 aliphatic carbocycles. The normalized spacial score (nSPS) is 10.8. The van der Waals surface area contributed by atoms with Gasteiger partial charge >= 0.3 is 0 Å². The van der Waals surface area contributed by atoms with Crippen molar-refractivity contribution in [3.8, 4) is 11.5 Å². The van der Waals surface area contributed by atoms with Crippen molar-refractivity contribution in [3.63, 3.8) is 0 Å². The minimum Gasteiger partial charge on any atom is -0.507 e. The van der Waals surface area contributed by atoms with Crippen LogP contribution in [-0.4, -0.2) is 18.0 Å². The smallest absolute Gasteiger partial charge is 0.193 e. The molecular formula is C17H15BrO3. The molecule has 3 nitrogen and oxygen atoms in total. The summed E-state index contributed by atoms with van der Waals surface area (Å²) in [6.45, 7) is 1.83. The van der Waals surface area contributed by atoms with Crippen LogP contribution in [-0.2, 0) is 0 Å². The lowest BCUT2D eigenvalue weighted by Gasteiger charge is -2.09. The number of ketones is 1. The topological polar surface area (TPSA) is 46.5 Å². The highest BCUT2D eigenvalue weighted by atomic mass is 79.9. The number of benzene rings is 2. The molecule has 2 aromatic carbocycles. The van der Waals surface area contributed by atoms with Crippen molar-refractivity contribution in [1.82, 2.24) is 0 Å². The van der Waals surface area contributed by atoms with Crippen molar-refractivity contribution in [3.05, 3.63) is 63.6 Å². The number of aryl methyl sites for hydroxylation is 1. The first-order chi connectivity index (χ1) is 10.0. The van der Waals surface area contributed by atoms with E-state index in [1.807, 2.05) is 31.2 Å². The van der Waals surface area contributed by atoms with Crippen LogP contribution in [0.1, 0.15) is 21.5 Å². The van der Waals surface area contributed by atoms with Crippen LogP contribution in [0, 0.1) is 6.92 Å².